The molecule has 0 saturated carbocycles. The molecule has 1 amide bonds. The van der Waals surface area contributed by atoms with Crippen molar-refractivity contribution in [1.29, 1.82) is 0 Å². The Morgan fingerprint density at radius 1 is 1.27 bits per heavy atom. The van der Waals surface area contributed by atoms with Crippen LogP contribution in [0.15, 0.2) is 56.7 Å². The molecule has 1 N–H and O–H groups in total. The number of halogens is 1. The molecule has 26 heavy (non-hydrogen) atoms. The van der Waals surface area contributed by atoms with E-state index < -0.39 is 0 Å². The molecule has 134 valence electrons. The summed E-state index contributed by atoms with van der Waals surface area (Å²) in [5.41, 5.74) is 3.76. The minimum absolute atomic E-state index is 0.0522. The average Bonchev–Trinajstić information content (AvgIpc) is 3.11. The number of rotatable bonds is 6. The SMILES string of the molecule is COc1ccc(NC(=O)CSc2nc(-c3ccc(Br)cc3)cs2)c(C)c1. The fraction of sp³-hybridized carbons (Fsp3) is 0.158. The van der Waals surface area contributed by atoms with Crippen molar-refractivity contribution >= 4 is 50.6 Å². The molecule has 0 spiro atoms. The second-order valence-electron chi connectivity index (χ2n) is 5.52. The molecule has 0 saturated heterocycles. The lowest BCUT2D eigenvalue weighted by Crippen LogP contribution is -2.14. The number of methoxy groups -OCH3 is 1. The number of aryl methyl sites for hydroxylation is 1. The minimum atomic E-state index is -0.0522. The van der Waals surface area contributed by atoms with Crippen molar-refractivity contribution < 1.29 is 9.53 Å². The predicted molar refractivity (Wildman–Crippen MR) is 112 cm³/mol. The van der Waals surface area contributed by atoms with Gasteiger partial charge in [0.1, 0.15) is 5.75 Å². The number of benzene rings is 2. The number of aromatic nitrogens is 1. The maximum absolute atomic E-state index is 12.2. The lowest BCUT2D eigenvalue weighted by Gasteiger charge is -2.09. The number of nitrogens with zero attached hydrogens (tertiary/aromatic N) is 1. The van der Waals surface area contributed by atoms with E-state index in [2.05, 4.69) is 26.2 Å². The maximum Gasteiger partial charge on any atom is 0.234 e. The topological polar surface area (TPSA) is 51.2 Å². The highest BCUT2D eigenvalue weighted by Crippen LogP contribution is 2.29. The van der Waals surface area contributed by atoms with E-state index in [4.69, 9.17) is 4.74 Å². The zero-order valence-electron chi connectivity index (χ0n) is 14.3. The Hall–Kier alpha value is -1.83. The summed E-state index contributed by atoms with van der Waals surface area (Å²) >= 11 is 6.42. The third kappa shape index (κ3) is 4.87. The monoisotopic (exact) mass is 448 g/mol. The van der Waals surface area contributed by atoms with E-state index in [1.165, 1.54) is 11.8 Å². The maximum atomic E-state index is 12.2. The van der Waals surface area contributed by atoms with E-state index in [0.29, 0.717) is 5.75 Å². The fourth-order valence-electron chi connectivity index (χ4n) is 2.29. The molecule has 3 aromatic rings. The summed E-state index contributed by atoms with van der Waals surface area (Å²) in [4.78, 5) is 16.8. The summed E-state index contributed by atoms with van der Waals surface area (Å²) in [7, 11) is 1.63. The van der Waals surface area contributed by atoms with Crippen LogP contribution < -0.4 is 10.1 Å². The summed E-state index contributed by atoms with van der Waals surface area (Å²) in [5.74, 6) is 1.04. The van der Waals surface area contributed by atoms with E-state index in [9.17, 15) is 4.79 Å². The number of thiazole rings is 1. The first-order chi connectivity index (χ1) is 12.5. The number of nitrogens with one attached hydrogen (secondary N) is 1. The Labute approximate surface area is 169 Å². The second-order valence-corrected chi connectivity index (χ2v) is 8.52. The van der Waals surface area contributed by atoms with Gasteiger partial charge >= 0.3 is 0 Å². The normalized spacial score (nSPS) is 10.6. The molecule has 4 nitrogen and oxygen atoms in total. The van der Waals surface area contributed by atoms with E-state index in [-0.39, 0.29) is 5.91 Å². The van der Waals surface area contributed by atoms with Crippen LogP contribution in [-0.2, 0) is 4.79 Å². The summed E-state index contributed by atoms with van der Waals surface area (Å²) < 4.78 is 7.10. The van der Waals surface area contributed by atoms with Crippen molar-refractivity contribution in [2.24, 2.45) is 0 Å². The molecule has 0 radical (unpaired) electrons. The Bertz CT molecular complexity index is 910. The zero-order chi connectivity index (χ0) is 18.5. The molecular weight excluding hydrogens is 432 g/mol. The molecule has 7 heteroatoms. The van der Waals surface area contributed by atoms with Crippen LogP contribution in [0, 0.1) is 6.92 Å². The summed E-state index contributed by atoms with van der Waals surface area (Å²) in [6.07, 6.45) is 0. The quantitative estimate of drug-likeness (QED) is 0.497. The van der Waals surface area contributed by atoms with Crippen LogP contribution in [0.1, 0.15) is 5.56 Å². The van der Waals surface area contributed by atoms with Crippen molar-refractivity contribution in [2.75, 3.05) is 18.2 Å². The van der Waals surface area contributed by atoms with Crippen LogP contribution in [0.5, 0.6) is 5.75 Å². The lowest BCUT2D eigenvalue weighted by molar-refractivity contribution is -0.113. The molecule has 0 aliphatic carbocycles. The number of thioether (sulfide) groups is 1. The van der Waals surface area contributed by atoms with Crippen LogP contribution in [0.2, 0.25) is 0 Å². The molecule has 1 heterocycles. The van der Waals surface area contributed by atoms with Gasteiger partial charge in [0.15, 0.2) is 4.34 Å². The molecule has 1 aromatic heterocycles. The van der Waals surface area contributed by atoms with Gasteiger partial charge in [-0.25, -0.2) is 4.98 Å². The fourth-order valence-corrected chi connectivity index (χ4v) is 4.19. The number of anilines is 1. The van der Waals surface area contributed by atoms with Crippen molar-refractivity contribution in [3.63, 3.8) is 0 Å². The van der Waals surface area contributed by atoms with Crippen LogP contribution >= 0.6 is 39.0 Å². The molecule has 3 rings (SSSR count). The molecule has 0 bridgehead atoms. The lowest BCUT2D eigenvalue weighted by atomic mass is 10.2. The van der Waals surface area contributed by atoms with Crippen molar-refractivity contribution in [1.82, 2.24) is 4.98 Å². The van der Waals surface area contributed by atoms with Crippen molar-refractivity contribution in [2.45, 2.75) is 11.3 Å². The first kappa shape index (κ1) is 18.9. The Balaban J connectivity index is 1.57. The average molecular weight is 449 g/mol. The van der Waals surface area contributed by atoms with Gasteiger partial charge in [0.05, 0.1) is 18.6 Å². The van der Waals surface area contributed by atoms with Gasteiger partial charge < -0.3 is 10.1 Å². The van der Waals surface area contributed by atoms with E-state index in [1.54, 1.807) is 18.4 Å². The van der Waals surface area contributed by atoms with Crippen molar-refractivity contribution in [3.05, 3.63) is 57.9 Å². The van der Waals surface area contributed by atoms with Gasteiger partial charge in [0, 0.05) is 21.1 Å². The largest absolute Gasteiger partial charge is 0.497 e. The van der Waals surface area contributed by atoms with Crippen LogP contribution in [0.3, 0.4) is 0 Å². The molecule has 2 aromatic carbocycles. The highest BCUT2D eigenvalue weighted by Gasteiger charge is 2.10. The van der Waals surface area contributed by atoms with Gasteiger partial charge in [-0.2, -0.15) is 0 Å². The Morgan fingerprint density at radius 2 is 2.04 bits per heavy atom. The first-order valence-electron chi connectivity index (χ1n) is 7.84. The smallest absolute Gasteiger partial charge is 0.234 e. The van der Waals surface area contributed by atoms with Gasteiger partial charge in [-0.15, -0.1) is 11.3 Å². The third-order valence-electron chi connectivity index (χ3n) is 3.66. The Kier molecular flexibility index (Phi) is 6.34. The molecule has 0 aliphatic rings. The van der Waals surface area contributed by atoms with Gasteiger partial charge in [0.2, 0.25) is 5.91 Å². The summed E-state index contributed by atoms with van der Waals surface area (Å²) in [6.45, 7) is 1.94. The molecule has 0 unspecified atom stereocenters. The van der Waals surface area contributed by atoms with Crippen LogP contribution in [0.4, 0.5) is 5.69 Å². The van der Waals surface area contributed by atoms with Crippen LogP contribution in [0.25, 0.3) is 11.3 Å². The molecule has 0 atom stereocenters. The van der Waals surface area contributed by atoms with E-state index >= 15 is 0 Å². The standard InChI is InChI=1S/C19H17BrN2O2S2/c1-12-9-15(24-2)7-8-16(12)21-18(23)11-26-19-22-17(10-25-19)13-3-5-14(20)6-4-13/h3-10H,11H2,1-2H3,(H,21,23). The van der Waals surface area contributed by atoms with E-state index in [0.717, 1.165) is 37.1 Å². The van der Waals surface area contributed by atoms with Gasteiger partial charge in [-0.05, 0) is 42.8 Å². The number of amides is 1. The highest BCUT2D eigenvalue weighted by atomic mass is 79.9. The number of hydrogen-bond donors (Lipinski definition) is 1. The van der Waals surface area contributed by atoms with Crippen molar-refractivity contribution in [3.8, 4) is 17.0 Å². The number of carbonyl (C=O) groups is 1. The highest BCUT2D eigenvalue weighted by molar-refractivity contribution is 9.10. The number of ether oxygens (including phenoxy) is 1. The molecular formula is C19H17BrN2O2S2. The minimum Gasteiger partial charge on any atom is -0.497 e. The third-order valence-corrected chi connectivity index (χ3v) is 6.21. The van der Waals surface area contributed by atoms with Gasteiger partial charge in [0.25, 0.3) is 0 Å². The summed E-state index contributed by atoms with van der Waals surface area (Å²) in [5, 5.41) is 4.94. The molecule has 0 fully saturated rings. The van der Waals surface area contributed by atoms with Gasteiger partial charge in [-0.3, -0.25) is 4.79 Å². The van der Waals surface area contributed by atoms with Gasteiger partial charge in [-0.1, -0.05) is 39.8 Å². The Morgan fingerprint density at radius 3 is 2.73 bits per heavy atom. The zero-order valence-corrected chi connectivity index (χ0v) is 17.5. The molecule has 0 aliphatic heterocycles. The number of hydrogen-bond acceptors (Lipinski definition) is 5. The van der Waals surface area contributed by atoms with Crippen LogP contribution in [-0.4, -0.2) is 23.8 Å². The summed E-state index contributed by atoms with van der Waals surface area (Å²) in [6, 6.07) is 13.6. The predicted octanol–water partition coefficient (Wildman–Crippen LogP) is 5.62. The number of carbonyl (C=O) groups excluding carboxylic acids is 1. The second kappa shape index (κ2) is 8.70. The van der Waals surface area contributed by atoms with E-state index in [1.807, 2.05) is 54.8 Å². The first-order valence-corrected chi connectivity index (χ1v) is 10.5.